The Kier molecular flexibility index (Phi) is 6.29. The van der Waals surface area contributed by atoms with Crippen LogP contribution in [0.5, 0.6) is 5.75 Å². The molecule has 2 bridgehead atoms. The van der Waals surface area contributed by atoms with E-state index in [4.69, 9.17) is 16.3 Å². The molecule has 4 rings (SSSR count). The van der Waals surface area contributed by atoms with Crippen LogP contribution in [-0.4, -0.2) is 58.7 Å². The monoisotopic (exact) mass is 442 g/mol. The van der Waals surface area contributed by atoms with E-state index in [1.165, 1.54) is 11.1 Å². The lowest BCUT2D eigenvalue weighted by atomic mass is 9.96. The smallest absolute Gasteiger partial charge is 0.254 e. The Morgan fingerprint density at radius 3 is 2.42 bits per heavy atom. The van der Waals surface area contributed by atoms with E-state index < -0.39 is 6.10 Å². The zero-order chi connectivity index (χ0) is 22.3. The highest BCUT2D eigenvalue weighted by Crippen LogP contribution is 2.39. The largest absolute Gasteiger partial charge is 0.491 e. The Morgan fingerprint density at radius 1 is 1.10 bits per heavy atom. The van der Waals surface area contributed by atoms with Gasteiger partial charge in [-0.15, -0.1) is 0 Å². The van der Waals surface area contributed by atoms with Crippen LogP contribution in [-0.2, 0) is 0 Å². The van der Waals surface area contributed by atoms with E-state index >= 15 is 0 Å². The van der Waals surface area contributed by atoms with Crippen molar-refractivity contribution >= 4 is 17.5 Å². The fraction of sp³-hybridized carbons (Fsp3) is 0.480. The Labute approximate surface area is 189 Å². The number of amides is 1. The van der Waals surface area contributed by atoms with Crippen molar-refractivity contribution in [3.8, 4) is 5.75 Å². The lowest BCUT2D eigenvalue weighted by molar-refractivity contribution is 0.0569. The molecule has 2 saturated heterocycles. The van der Waals surface area contributed by atoms with E-state index in [9.17, 15) is 9.90 Å². The summed E-state index contributed by atoms with van der Waals surface area (Å²) in [6.45, 7) is 10.1. The van der Waals surface area contributed by atoms with Gasteiger partial charge in [0.1, 0.15) is 12.4 Å². The van der Waals surface area contributed by atoms with Crippen LogP contribution in [0.25, 0.3) is 0 Å². The number of hydrogen-bond acceptors (Lipinski definition) is 4. The van der Waals surface area contributed by atoms with Crippen LogP contribution in [0.2, 0.25) is 5.02 Å². The first-order valence-electron chi connectivity index (χ1n) is 11.0. The molecule has 0 spiro atoms. The second kappa shape index (κ2) is 8.81. The third kappa shape index (κ3) is 4.32. The van der Waals surface area contributed by atoms with Crippen molar-refractivity contribution in [2.24, 2.45) is 0 Å². The molecule has 2 aliphatic rings. The van der Waals surface area contributed by atoms with Gasteiger partial charge in [-0.1, -0.05) is 17.7 Å². The van der Waals surface area contributed by atoms with Crippen molar-refractivity contribution < 1.29 is 14.6 Å². The van der Waals surface area contributed by atoms with Crippen molar-refractivity contribution in [1.29, 1.82) is 0 Å². The Morgan fingerprint density at radius 2 is 1.81 bits per heavy atom. The number of likely N-dealkylation sites (tertiary alicyclic amines) is 2. The standard InChI is InChI=1S/C25H31ClN2O3/c1-15(29)14-31-24-10-9-23(16(2)17(24)3)18(4)27-12-22-11-21(27)13-28(22)25(30)19-5-7-20(26)8-6-19/h5-10,15,18,21-22,29H,11-14H2,1-4H3/t15?,18-,21-,22-/m1/s1. The number of aliphatic hydroxyl groups is 1. The molecule has 1 unspecified atom stereocenters. The molecule has 0 radical (unpaired) electrons. The Balaban J connectivity index is 1.45. The summed E-state index contributed by atoms with van der Waals surface area (Å²) in [6, 6.07) is 12.2. The third-order valence-electron chi connectivity index (χ3n) is 6.84. The van der Waals surface area contributed by atoms with Gasteiger partial charge >= 0.3 is 0 Å². The number of rotatable bonds is 6. The lowest BCUT2D eigenvalue weighted by Crippen LogP contribution is -2.49. The van der Waals surface area contributed by atoms with E-state index in [1.54, 1.807) is 19.1 Å². The third-order valence-corrected chi connectivity index (χ3v) is 7.09. The maximum Gasteiger partial charge on any atom is 0.254 e. The molecule has 2 aromatic rings. The number of piperazine rings is 1. The summed E-state index contributed by atoms with van der Waals surface area (Å²) in [6.07, 6.45) is 0.536. The van der Waals surface area contributed by atoms with Crippen LogP contribution < -0.4 is 4.74 Å². The number of aliphatic hydroxyl groups excluding tert-OH is 1. The summed E-state index contributed by atoms with van der Waals surface area (Å²) in [4.78, 5) is 17.5. The highest BCUT2D eigenvalue weighted by atomic mass is 35.5. The summed E-state index contributed by atoms with van der Waals surface area (Å²) in [7, 11) is 0. The van der Waals surface area contributed by atoms with Crippen LogP contribution in [0, 0.1) is 13.8 Å². The SMILES string of the molecule is Cc1c(OCC(C)O)ccc([C@@H](C)N2C[C@H]3C[C@@H]2CN3C(=O)c2ccc(Cl)cc2)c1C. The second-order valence-electron chi connectivity index (χ2n) is 8.94. The normalized spacial score (nSPS) is 22.6. The molecule has 2 heterocycles. The quantitative estimate of drug-likeness (QED) is 0.721. The van der Waals surface area contributed by atoms with E-state index in [0.29, 0.717) is 23.2 Å². The van der Waals surface area contributed by atoms with Crippen molar-refractivity contribution in [2.75, 3.05) is 19.7 Å². The number of halogens is 1. The van der Waals surface area contributed by atoms with Crippen molar-refractivity contribution in [1.82, 2.24) is 9.80 Å². The average Bonchev–Trinajstić information content (AvgIpc) is 3.35. The predicted octanol–water partition coefficient (Wildman–Crippen LogP) is 4.38. The topological polar surface area (TPSA) is 53.0 Å². The maximum absolute atomic E-state index is 13.0. The van der Waals surface area contributed by atoms with Crippen LogP contribution >= 0.6 is 11.6 Å². The highest BCUT2D eigenvalue weighted by molar-refractivity contribution is 6.30. The molecule has 0 aromatic heterocycles. The molecule has 31 heavy (non-hydrogen) atoms. The molecular weight excluding hydrogens is 412 g/mol. The molecule has 0 saturated carbocycles. The van der Waals surface area contributed by atoms with Gasteiger partial charge in [-0.2, -0.15) is 0 Å². The van der Waals surface area contributed by atoms with Gasteiger partial charge in [-0.25, -0.2) is 0 Å². The van der Waals surface area contributed by atoms with E-state index in [-0.39, 0.29) is 18.0 Å². The summed E-state index contributed by atoms with van der Waals surface area (Å²) in [5, 5.41) is 10.1. The zero-order valence-electron chi connectivity index (χ0n) is 18.6. The Hall–Kier alpha value is -2.08. The number of benzene rings is 2. The number of hydrogen-bond donors (Lipinski definition) is 1. The number of nitrogens with zero attached hydrogens (tertiary/aromatic N) is 2. The van der Waals surface area contributed by atoms with Gasteiger partial charge in [0, 0.05) is 41.8 Å². The van der Waals surface area contributed by atoms with E-state index in [0.717, 1.165) is 30.8 Å². The molecule has 1 N–H and O–H groups in total. The number of carbonyl (C=O) groups excluding carboxylic acids is 1. The first-order chi connectivity index (χ1) is 14.8. The maximum atomic E-state index is 13.0. The number of ether oxygens (including phenoxy) is 1. The highest BCUT2D eigenvalue weighted by Gasteiger charge is 2.47. The fourth-order valence-corrected chi connectivity index (χ4v) is 5.12. The number of carbonyl (C=O) groups is 1. The summed E-state index contributed by atoms with van der Waals surface area (Å²) in [5.74, 6) is 0.931. The van der Waals surface area contributed by atoms with Crippen LogP contribution in [0.3, 0.4) is 0 Å². The van der Waals surface area contributed by atoms with Crippen LogP contribution in [0.4, 0.5) is 0 Å². The first-order valence-corrected chi connectivity index (χ1v) is 11.4. The number of fused-ring (bicyclic) bond motifs is 2. The lowest BCUT2D eigenvalue weighted by Gasteiger charge is -2.38. The minimum Gasteiger partial charge on any atom is -0.491 e. The molecule has 5 nitrogen and oxygen atoms in total. The van der Waals surface area contributed by atoms with Gasteiger partial charge in [-0.3, -0.25) is 9.69 Å². The van der Waals surface area contributed by atoms with Gasteiger partial charge in [0.2, 0.25) is 0 Å². The molecule has 4 atom stereocenters. The molecule has 166 valence electrons. The van der Waals surface area contributed by atoms with Gasteiger partial charge in [0.25, 0.3) is 5.91 Å². The second-order valence-corrected chi connectivity index (χ2v) is 9.38. The zero-order valence-corrected chi connectivity index (χ0v) is 19.4. The van der Waals surface area contributed by atoms with Crippen molar-refractivity contribution in [2.45, 2.75) is 58.3 Å². The first kappa shape index (κ1) is 22.1. The molecule has 1 amide bonds. The van der Waals surface area contributed by atoms with Gasteiger partial charge < -0.3 is 14.7 Å². The van der Waals surface area contributed by atoms with Gasteiger partial charge in [0.05, 0.1) is 6.10 Å². The van der Waals surface area contributed by atoms with Crippen molar-refractivity contribution in [3.05, 3.63) is 63.7 Å². The minimum absolute atomic E-state index is 0.100. The van der Waals surface area contributed by atoms with E-state index in [1.807, 2.05) is 23.1 Å². The predicted molar refractivity (Wildman–Crippen MR) is 123 cm³/mol. The molecule has 2 fully saturated rings. The van der Waals surface area contributed by atoms with Crippen LogP contribution in [0.1, 0.15) is 53.4 Å². The molecule has 6 heteroatoms. The van der Waals surface area contributed by atoms with Gasteiger partial charge in [-0.05, 0) is 81.1 Å². The summed E-state index contributed by atoms with van der Waals surface area (Å²) >= 11 is 5.97. The van der Waals surface area contributed by atoms with E-state index in [2.05, 4.69) is 31.7 Å². The Bertz CT molecular complexity index is 960. The average molecular weight is 443 g/mol. The van der Waals surface area contributed by atoms with Crippen LogP contribution in [0.15, 0.2) is 36.4 Å². The van der Waals surface area contributed by atoms with Gasteiger partial charge in [0.15, 0.2) is 0 Å². The fourth-order valence-electron chi connectivity index (χ4n) is 4.99. The molecular formula is C25H31ClN2O3. The minimum atomic E-state index is -0.489. The summed E-state index contributed by atoms with van der Waals surface area (Å²) < 4.78 is 5.76. The van der Waals surface area contributed by atoms with Crippen molar-refractivity contribution in [3.63, 3.8) is 0 Å². The molecule has 2 aliphatic heterocycles. The summed E-state index contributed by atoms with van der Waals surface area (Å²) in [5.41, 5.74) is 4.35. The molecule has 2 aromatic carbocycles. The molecule has 0 aliphatic carbocycles.